The van der Waals surface area contributed by atoms with Crippen LogP contribution in [0.3, 0.4) is 0 Å². The summed E-state index contributed by atoms with van der Waals surface area (Å²) in [7, 11) is 0. The molecule has 0 unspecified atom stereocenters. The third kappa shape index (κ3) is 7.21. The van der Waals surface area contributed by atoms with Gasteiger partial charge in [-0.15, -0.1) is 0 Å². The van der Waals surface area contributed by atoms with Crippen LogP contribution in [0.5, 0.6) is 17.2 Å². The van der Waals surface area contributed by atoms with Crippen LogP contribution >= 0.6 is 0 Å². The monoisotopic (exact) mass is 468 g/mol. The van der Waals surface area contributed by atoms with Gasteiger partial charge < -0.3 is 25.5 Å². The Morgan fingerprint density at radius 2 is 1.54 bits per heavy atom. The molecule has 0 aromatic heterocycles. The molecule has 180 valence electrons. The second-order valence-corrected chi connectivity index (χ2v) is 8.99. The third-order valence-electron chi connectivity index (χ3n) is 5.80. The van der Waals surface area contributed by atoms with Gasteiger partial charge in [0.2, 0.25) is 0 Å². The Balaban J connectivity index is 0.00000432. The van der Waals surface area contributed by atoms with E-state index in [0.29, 0.717) is 0 Å². The number of allylic oxidation sites excluding steroid dienone is 5. The van der Waals surface area contributed by atoms with Gasteiger partial charge >= 0.3 is 18.9 Å². The predicted octanol–water partition coefficient (Wildman–Crippen LogP) is 4.52. The van der Waals surface area contributed by atoms with Crippen LogP contribution in [0.25, 0.3) is 5.32 Å². The number of amides is 1. The molecular weight excluding hydrogens is 435 g/mol. The van der Waals surface area contributed by atoms with Gasteiger partial charge in [0.1, 0.15) is 17.2 Å². The van der Waals surface area contributed by atoms with Crippen molar-refractivity contribution in [2.24, 2.45) is 0 Å². The zero-order valence-corrected chi connectivity index (χ0v) is 21.3. The van der Waals surface area contributed by atoms with Gasteiger partial charge in [-0.05, 0) is 59.4 Å². The van der Waals surface area contributed by atoms with Gasteiger partial charge in [0.25, 0.3) is 5.91 Å². The van der Waals surface area contributed by atoms with Crippen LogP contribution < -0.4 is 23.8 Å². The van der Waals surface area contributed by atoms with E-state index in [0.717, 1.165) is 31.3 Å². The molecule has 0 bridgehead atoms. The number of aromatic hydroxyl groups is 3. The van der Waals surface area contributed by atoms with Crippen molar-refractivity contribution in [3.8, 4) is 17.2 Å². The standard InChI is InChI=1S/C28H34N2O4.Li/c1-18(2)8-5-9-19(3)10-6-11-20(4)14-15-30-23-16-21(31)17-25(33)27(23)29-26-22(28(30)34)12-7-13-24(26)32;/h7-8,10,12-14,16-17H,5-6,9,11,15H2,1-4H3,(H4,29,31,32,33,34);/q;+1/p-1/b19-10+,20-14+;. The quantitative estimate of drug-likeness (QED) is 0.392. The Morgan fingerprint density at radius 1 is 0.886 bits per heavy atom. The number of hydrogen-bond donors (Lipinski definition) is 3. The Bertz CT molecular complexity index is 1160. The molecule has 1 amide bonds. The van der Waals surface area contributed by atoms with E-state index in [4.69, 9.17) is 0 Å². The molecule has 2 aromatic rings. The van der Waals surface area contributed by atoms with Crippen molar-refractivity contribution in [3.63, 3.8) is 0 Å². The molecule has 0 radical (unpaired) electrons. The molecule has 3 N–H and O–H groups in total. The van der Waals surface area contributed by atoms with E-state index in [1.807, 2.05) is 13.0 Å². The first-order valence-electron chi connectivity index (χ1n) is 11.5. The number of hydrogen-bond acceptors (Lipinski definition) is 4. The van der Waals surface area contributed by atoms with Gasteiger partial charge in [-0.2, -0.15) is 0 Å². The van der Waals surface area contributed by atoms with E-state index in [1.165, 1.54) is 34.2 Å². The molecule has 35 heavy (non-hydrogen) atoms. The van der Waals surface area contributed by atoms with E-state index >= 15 is 0 Å². The van der Waals surface area contributed by atoms with E-state index in [-0.39, 0.29) is 71.2 Å². The van der Waals surface area contributed by atoms with E-state index in [2.05, 4.69) is 38.2 Å². The third-order valence-corrected chi connectivity index (χ3v) is 5.80. The summed E-state index contributed by atoms with van der Waals surface area (Å²) in [5.74, 6) is -0.950. The minimum absolute atomic E-state index is 0. The Kier molecular flexibility index (Phi) is 10.1. The zero-order valence-electron chi connectivity index (χ0n) is 21.3. The van der Waals surface area contributed by atoms with Crippen molar-refractivity contribution < 1.29 is 39.0 Å². The topological polar surface area (TPSA) is 95.1 Å². The zero-order chi connectivity index (χ0) is 24.8. The first-order chi connectivity index (χ1) is 16.2. The molecular formula is C28H33LiN2O4. The Hall–Kier alpha value is -3.07. The fourth-order valence-corrected chi connectivity index (χ4v) is 3.87. The molecule has 1 heterocycles. The van der Waals surface area contributed by atoms with Crippen molar-refractivity contribution in [3.05, 3.63) is 76.2 Å². The van der Waals surface area contributed by atoms with Crippen molar-refractivity contribution >= 4 is 23.0 Å². The van der Waals surface area contributed by atoms with Crippen LogP contribution in [0, 0.1) is 0 Å². The van der Waals surface area contributed by atoms with Gasteiger partial charge in [0.05, 0.1) is 0 Å². The molecule has 0 fully saturated rings. The van der Waals surface area contributed by atoms with E-state index in [9.17, 15) is 20.1 Å². The maximum atomic E-state index is 13.4. The summed E-state index contributed by atoms with van der Waals surface area (Å²) in [5.41, 5.74) is 4.59. The molecule has 0 atom stereocenters. The van der Waals surface area contributed by atoms with Crippen molar-refractivity contribution in [2.45, 2.75) is 53.4 Å². The van der Waals surface area contributed by atoms with Gasteiger partial charge in [0, 0.05) is 29.9 Å². The number of benzene rings is 2. The number of nitrogens with zero attached hydrogens (tertiary/aromatic N) is 2. The largest absolute Gasteiger partial charge is 1.00 e. The fraction of sp³-hybridized carbons (Fsp3) is 0.321. The van der Waals surface area contributed by atoms with Gasteiger partial charge in [0.15, 0.2) is 0 Å². The molecule has 0 aliphatic carbocycles. The number of carbonyl (C=O) groups is 1. The molecule has 0 saturated carbocycles. The average Bonchev–Trinajstić information content (AvgIpc) is 2.87. The minimum Gasteiger partial charge on any atom is -0.650 e. The number of carbonyl (C=O) groups excluding carboxylic acids is 1. The van der Waals surface area contributed by atoms with Crippen LogP contribution in [0.1, 0.15) is 63.7 Å². The number of anilines is 1. The summed E-state index contributed by atoms with van der Waals surface area (Å²) in [5, 5.41) is 35.1. The number of phenolic OH excluding ortho intramolecular Hbond substituents is 3. The summed E-state index contributed by atoms with van der Waals surface area (Å²) < 4.78 is 0. The van der Waals surface area contributed by atoms with Crippen LogP contribution in [-0.4, -0.2) is 27.8 Å². The molecule has 3 rings (SSSR count). The SMILES string of the molecule is CC(C)=CCC/C(C)=C/CC/C(C)=C/CN1C(=O)c2cccc(O)c2[N-]c2c(O)cc(O)cc21.[Li+]. The molecule has 1 aliphatic heterocycles. The smallest absolute Gasteiger partial charge is 0.650 e. The normalized spacial score (nSPS) is 13.3. The molecule has 7 heteroatoms. The van der Waals surface area contributed by atoms with Crippen molar-refractivity contribution in [1.82, 2.24) is 0 Å². The fourth-order valence-electron chi connectivity index (χ4n) is 3.87. The average molecular weight is 469 g/mol. The van der Waals surface area contributed by atoms with Crippen LogP contribution in [-0.2, 0) is 0 Å². The first-order valence-corrected chi connectivity index (χ1v) is 11.5. The first kappa shape index (κ1) is 28.2. The molecule has 0 saturated heterocycles. The summed E-state index contributed by atoms with van der Waals surface area (Å²) in [6.45, 7) is 8.64. The van der Waals surface area contributed by atoms with Crippen molar-refractivity contribution in [2.75, 3.05) is 11.4 Å². The van der Waals surface area contributed by atoms with Crippen molar-refractivity contribution in [1.29, 1.82) is 0 Å². The Labute approximate surface area is 219 Å². The number of para-hydroxylation sites is 1. The van der Waals surface area contributed by atoms with Gasteiger partial charge in [-0.3, -0.25) is 4.79 Å². The maximum absolute atomic E-state index is 13.4. The second-order valence-electron chi connectivity index (χ2n) is 8.99. The number of rotatable bonds is 8. The summed E-state index contributed by atoms with van der Waals surface area (Å²) in [4.78, 5) is 14.9. The maximum Gasteiger partial charge on any atom is 1.00 e. The molecule has 1 aliphatic rings. The number of fused-ring (bicyclic) bond motifs is 2. The van der Waals surface area contributed by atoms with Gasteiger partial charge in [-0.1, -0.05) is 58.5 Å². The Morgan fingerprint density at radius 3 is 2.23 bits per heavy atom. The molecule has 0 spiro atoms. The second kappa shape index (κ2) is 12.6. The van der Waals surface area contributed by atoms with E-state index in [1.54, 1.807) is 12.1 Å². The predicted molar refractivity (Wildman–Crippen MR) is 138 cm³/mol. The molecule has 2 aromatic carbocycles. The van der Waals surface area contributed by atoms with E-state index < -0.39 is 0 Å². The summed E-state index contributed by atoms with van der Waals surface area (Å²) >= 11 is 0. The number of phenols is 3. The van der Waals surface area contributed by atoms with Crippen LogP contribution in [0.2, 0.25) is 0 Å². The summed E-state index contributed by atoms with van der Waals surface area (Å²) in [6, 6.07) is 7.20. The van der Waals surface area contributed by atoms with Crippen LogP contribution in [0.4, 0.5) is 17.1 Å². The minimum atomic E-state index is -0.363. The van der Waals surface area contributed by atoms with Crippen LogP contribution in [0.15, 0.2) is 65.3 Å². The molecule has 6 nitrogen and oxygen atoms in total. The summed E-state index contributed by atoms with van der Waals surface area (Å²) in [6.07, 6.45) is 10.4. The van der Waals surface area contributed by atoms with Gasteiger partial charge in [-0.25, -0.2) is 0 Å².